The number of carbonyl (C=O) groups excluding carboxylic acids is 2. The highest BCUT2D eigenvalue weighted by Crippen LogP contribution is 2.27. The van der Waals surface area contributed by atoms with Gasteiger partial charge in [0.25, 0.3) is 5.91 Å². The van der Waals surface area contributed by atoms with Gasteiger partial charge in [-0.25, -0.2) is 4.98 Å². The summed E-state index contributed by atoms with van der Waals surface area (Å²) in [5, 5.41) is 2.93. The van der Waals surface area contributed by atoms with E-state index in [0.717, 1.165) is 11.3 Å². The van der Waals surface area contributed by atoms with Crippen LogP contribution in [0.5, 0.6) is 5.88 Å². The average Bonchev–Trinajstić information content (AvgIpc) is 3.15. The molecule has 6 nitrogen and oxygen atoms in total. The van der Waals surface area contributed by atoms with E-state index in [1.165, 1.54) is 5.56 Å². The van der Waals surface area contributed by atoms with Crippen LogP contribution in [0.1, 0.15) is 28.4 Å². The van der Waals surface area contributed by atoms with Crippen LogP contribution in [-0.2, 0) is 4.79 Å². The summed E-state index contributed by atoms with van der Waals surface area (Å²) >= 11 is 1.56. The van der Waals surface area contributed by atoms with Crippen LogP contribution in [-0.4, -0.2) is 46.0 Å². The van der Waals surface area contributed by atoms with Crippen molar-refractivity contribution < 1.29 is 14.3 Å². The van der Waals surface area contributed by atoms with Gasteiger partial charge in [-0.05, 0) is 56.2 Å². The summed E-state index contributed by atoms with van der Waals surface area (Å²) < 4.78 is 5.47. The number of carbonyl (C=O) groups is 2. The third-order valence-electron chi connectivity index (χ3n) is 4.50. The molecule has 0 unspecified atom stereocenters. The summed E-state index contributed by atoms with van der Waals surface area (Å²) in [4.78, 5) is 31.5. The fourth-order valence-corrected chi connectivity index (χ4v) is 4.02. The van der Waals surface area contributed by atoms with Gasteiger partial charge in [-0.2, -0.15) is 0 Å². The van der Waals surface area contributed by atoms with Crippen molar-refractivity contribution in [1.29, 1.82) is 0 Å². The van der Waals surface area contributed by atoms with Crippen molar-refractivity contribution in [3.8, 4) is 5.88 Å². The van der Waals surface area contributed by atoms with Crippen LogP contribution in [0.4, 0.5) is 5.69 Å². The van der Waals surface area contributed by atoms with Gasteiger partial charge in [-0.3, -0.25) is 9.59 Å². The lowest BCUT2D eigenvalue weighted by Gasteiger charge is -2.24. The minimum atomic E-state index is -0.529. The lowest BCUT2D eigenvalue weighted by atomic mass is 10.1. The van der Waals surface area contributed by atoms with E-state index in [9.17, 15) is 9.59 Å². The third-order valence-corrected chi connectivity index (χ3v) is 5.52. The van der Waals surface area contributed by atoms with Crippen molar-refractivity contribution in [2.45, 2.75) is 26.8 Å². The van der Waals surface area contributed by atoms with E-state index in [4.69, 9.17) is 4.74 Å². The maximum absolute atomic E-state index is 13.0. The zero-order valence-electron chi connectivity index (χ0n) is 15.7. The van der Waals surface area contributed by atoms with Crippen LogP contribution >= 0.6 is 11.8 Å². The maximum Gasteiger partial charge on any atom is 0.260 e. The Morgan fingerprint density at radius 1 is 1.30 bits per heavy atom. The van der Waals surface area contributed by atoms with E-state index >= 15 is 0 Å². The molecule has 1 saturated heterocycles. The van der Waals surface area contributed by atoms with Crippen LogP contribution in [0, 0.1) is 13.8 Å². The number of aryl methyl sites for hydroxylation is 2. The van der Waals surface area contributed by atoms with Crippen LogP contribution in [0.25, 0.3) is 0 Å². The molecule has 2 aromatic rings. The van der Waals surface area contributed by atoms with Gasteiger partial charge in [0.2, 0.25) is 11.8 Å². The first-order valence-corrected chi connectivity index (χ1v) is 10.0. The van der Waals surface area contributed by atoms with Gasteiger partial charge in [-0.15, -0.1) is 11.8 Å². The van der Waals surface area contributed by atoms with Crippen molar-refractivity contribution in [2.75, 3.05) is 23.6 Å². The number of thioether (sulfide) groups is 1. The first kappa shape index (κ1) is 19.2. The maximum atomic E-state index is 13.0. The normalized spacial score (nSPS) is 16.3. The number of aromatic nitrogens is 1. The zero-order valence-corrected chi connectivity index (χ0v) is 16.5. The predicted molar refractivity (Wildman–Crippen MR) is 107 cm³/mol. The van der Waals surface area contributed by atoms with E-state index < -0.39 is 6.04 Å². The molecule has 142 valence electrons. The average molecular weight is 385 g/mol. The molecule has 0 bridgehead atoms. The second-order valence-electron chi connectivity index (χ2n) is 6.37. The number of amides is 2. The largest absolute Gasteiger partial charge is 0.477 e. The zero-order chi connectivity index (χ0) is 19.4. The molecule has 0 aliphatic carbocycles. The SMILES string of the molecule is CCOc1ncccc1C(=O)N1CSC[C@H]1C(=O)Nc1ccc(C)c(C)c1. The first-order valence-electron chi connectivity index (χ1n) is 8.86. The number of pyridine rings is 1. The van der Waals surface area contributed by atoms with Crippen molar-refractivity contribution in [3.05, 3.63) is 53.2 Å². The van der Waals surface area contributed by atoms with E-state index in [0.29, 0.717) is 29.7 Å². The number of nitrogens with zero attached hydrogens (tertiary/aromatic N) is 2. The van der Waals surface area contributed by atoms with Gasteiger partial charge in [0, 0.05) is 17.6 Å². The Kier molecular flexibility index (Phi) is 6.01. The number of benzene rings is 1. The van der Waals surface area contributed by atoms with E-state index in [-0.39, 0.29) is 11.8 Å². The summed E-state index contributed by atoms with van der Waals surface area (Å²) in [6.07, 6.45) is 1.59. The van der Waals surface area contributed by atoms with Crippen LogP contribution < -0.4 is 10.1 Å². The molecule has 27 heavy (non-hydrogen) atoms. The second-order valence-corrected chi connectivity index (χ2v) is 7.37. The van der Waals surface area contributed by atoms with Crippen LogP contribution in [0.15, 0.2) is 36.5 Å². The third kappa shape index (κ3) is 4.24. The summed E-state index contributed by atoms with van der Waals surface area (Å²) in [7, 11) is 0. The minimum Gasteiger partial charge on any atom is -0.477 e. The Morgan fingerprint density at radius 3 is 2.85 bits per heavy atom. The fourth-order valence-electron chi connectivity index (χ4n) is 2.86. The molecule has 1 atom stereocenters. The van der Waals surface area contributed by atoms with Crippen molar-refractivity contribution >= 4 is 29.3 Å². The Bertz CT molecular complexity index is 856. The molecule has 1 aromatic heterocycles. The van der Waals surface area contributed by atoms with E-state index in [1.807, 2.05) is 39.0 Å². The highest BCUT2D eigenvalue weighted by Gasteiger charge is 2.36. The number of nitrogens with one attached hydrogen (secondary N) is 1. The Labute approximate surface area is 163 Å². The van der Waals surface area contributed by atoms with Crippen molar-refractivity contribution in [2.24, 2.45) is 0 Å². The molecule has 1 N–H and O–H groups in total. The van der Waals surface area contributed by atoms with Gasteiger partial charge < -0.3 is 15.0 Å². The molecule has 2 heterocycles. The Balaban J connectivity index is 1.77. The van der Waals surface area contributed by atoms with E-state index in [1.54, 1.807) is 35.0 Å². The number of rotatable bonds is 5. The number of anilines is 1. The topological polar surface area (TPSA) is 71.5 Å². The molecule has 0 radical (unpaired) electrons. The Morgan fingerprint density at radius 2 is 2.11 bits per heavy atom. The smallest absolute Gasteiger partial charge is 0.260 e. The van der Waals surface area contributed by atoms with Gasteiger partial charge in [0.1, 0.15) is 11.6 Å². The van der Waals surface area contributed by atoms with Crippen molar-refractivity contribution in [3.63, 3.8) is 0 Å². The number of hydrogen-bond acceptors (Lipinski definition) is 5. The van der Waals surface area contributed by atoms with Crippen molar-refractivity contribution in [1.82, 2.24) is 9.88 Å². The summed E-state index contributed by atoms with van der Waals surface area (Å²) in [6.45, 7) is 6.29. The molecular weight excluding hydrogens is 362 g/mol. The predicted octanol–water partition coefficient (Wildman–Crippen LogP) is 3.25. The molecule has 1 aliphatic heterocycles. The van der Waals surface area contributed by atoms with Gasteiger partial charge >= 0.3 is 0 Å². The number of hydrogen-bond donors (Lipinski definition) is 1. The second kappa shape index (κ2) is 8.43. The van der Waals surface area contributed by atoms with Crippen LogP contribution in [0.3, 0.4) is 0 Å². The summed E-state index contributed by atoms with van der Waals surface area (Å²) in [6, 6.07) is 8.64. The highest BCUT2D eigenvalue weighted by atomic mass is 32.2. The molecule has 1 aromatic carbocycles. The monoisotopic (exact) mass is 385 g/mol. The standard InChI is InChI=1S/C20H23N3O3S/c1-4-26-19-16(6-5-9-21-19)20(25)23-12-27-11-17(23)18(24)22-15-8-7-13(2)14(3)10-15/h5-10,17H,4,11-12H2,1-3H3,(H,22,24)/t17-/m0/s1. The van der Waals surface area contributed by atoms with Gasteiger partial charge in [0.15, 0.2) is 0 Å². The van der Waals surface area contributed by atoms with E-state index in [2.05, 4.69) is 10.3 Å². The molecule has 7 heteroatoms. The molecule has 3 rings (SSSR count). The molecule has 0 saturated carbocycles. The summed E-state index contributed by atoms with van der Waals surface area (Å²) in [5.74, 6) is 0.905. The summed E-state index contributed by atoms with van der Waals surface area (Å²) in [5.41, 5.74) is 3.40. The highest BCUT2D eigenvalue weighted by molar-refractivity contribution is 7.99. The number of ether oxygens (including phenoxy) is 1. The molecular formula is C20H23N3O3S. The molecule has 2 amide bonds. The molecule has 0 spiro atoms. The van der Waals surface area contributed by atoms with Crippen LogP contribution in [0.2, 0.25) is 0 Å². The van der Waals surface area contributed by atoms with Gasteiger partial charge in [0.05, 0.1) is 12.5 Å². The fraction of sp³-hybridized carbons (Fsp3) is 0.350. The minimum absolute atomic E-state index is 0.182. The Hall–Kier alpha value is -2.54. The van der Waals surface area contributed by atoms with Gasteiger partial charge in [-0.1, -0.05) is 6.07 Å². The molecule has 1 aliphatic rings. The lowest BCUT2D eigenvalue weighted by molar-refractivity contribution is -0.119. The quantitative estimate of drug-likeness (QED) is 0.855. The first-order chi connectivity index (χ1) is 13.0. The lowest BCUT2D eigenvalue weighted by Crippen LogP contribution is -2.44. The molecule has 1 fully saturated rings.